The molecular formula is C13H15BrN4. The highest BCUT2D eigenvalue weighted by molar-refractivity contribution is 9.10. The standard InChI is InChI=1S/C13H15BrN4/c1-10(17-2)12-4-3-11(9-13(12)14)18(7-5-15)8-6-16/h3-4,9-10,17H,7-8H2,1-2H3. The molecule has 0 aliphatic carbocycles. The van der Waals surface area contributed by atoms with Crippen LogP contribution in [-0.2, 0) is 0 Å². The summed E-state index contributed by atoms with van der Waals surface area (Å²) in [7, 11) is 1.91. The van der Waals surface area contributed by atoms with Crippen LogP contribution in [0.25, 0.3) is 0 Å². The quantitative estimate of drug-likeness (QED) is 0.849. The van der Waals surface area contributed by atoms with Crippen LogP contribution in [0.5, 0.6) is 0 Å². The van der Waals surface area contributed by atoms with Gasteiger partial charge in [0.15, 0.2) is 0 Å². The Labute approximate surface area is 116 Å². The first-order valence-corrected chi connectivity index (χ1v) is 6.39. The lowest BCUT2D eigenvalue weighted by Gasteiger charge is -2.20. The van der Waals surface area contributed by atoms with Crippen LogP contribution in [0.1, 0.15) is 18.5 Å². The van der Waals surface area contributed by atoms with Gasteiger partial charge in [0, 0.05) is 16.2 Å². The largest absolute Gasteiger partial charge is 0.345 e. The van der Waals surface area contributed by atoms with Crippen LogP contribution in [0.4, 0.5) is 5.69 Å². The minimum absolute atomic E-state index is 0.209. The Morgan fingerprint density at radius 3 is 2.39 bits per heavy atom. The highest BCUT2D eigenvalue weighted by Gasteiger charge is 2.11. The van der Waals surface area contributed by atoms with Crippen molar-refractivity contribution in [1.29, 1.82) is 10.5 Å². The van der Waals surface area contributed by atoms with E-state index in [0.717, 1.165) is 15.7 Å². The third-order valence-electron chi connectivity index (χ3n) is 2.77. The Balaban J connectivity index is 3.02. The SMILES string of the molecule is CNC(C)c1ccc(N(CC#N)CC#N)cc1Br. The fourth-order valence-electron chi connectivity index (χ4n) is 1.63. The van der Waals surface area contributed by atoms with Crippen molar-refractivity contribution in [3.63, 3.8) is 0 Å². The van der Waals surface area contributed by atoms with Gasteiger partial charge in [-0.15, -0.1) is 0 Å². The molecule has 0 aromatic heterocycles. The molecule has 1 unspecified atom stereocenters. The van der Waals surface area contributed by atoms with Gasteiger partial charge in [0.1, 0.15) is 13.1 Å². The van der Waals surface area contributed by atoms with Gasteiger partial charge in [-0.25, -0.2) is 0 Å². The van der Waals surface area contributed by atoms with Crippen LogP contribution in [0, 0.1) is 22.7 Å². The summed E-state index contributed by atoms with van der Waals surface area (Å²) in [5.41, 5.74) is 2.02. The highest BCUT2D eigenvalue weighted by atomic mass is 79.9. The van der Waals surface area contributed by atoms with E-state index in [1.165, 1.54) is 0 Å². The van der Waals surface area contributed by atoms with Crippen LogP contribution >= 0.6 is 15.9 Å². The molecule has 94 valence electrons. The monoisotopic (exact) mass is 306 g/mol. The van der Waals surface area contributed by atoms with Gasteiger partial charge in [0.05, 0.1) is 12.1 Å². The summed E-state index contributed by atoms with van der Waals surface area (Å²) in [6, 6.07) is 10.3. The molecule has 0 amide bonds. The number of hydrogen-bond donors (Lipinski definition) is 1. The summed E-state index contributed by atoms with van der Waals surface area (Å²) in [4.78, 5) is 1.73. The summed E-state index contributed by atoms with van der Waals surface area (Å²) in [6.07, 6.45) is 0. The van der Waals surface area contributed by atoms with E-state index in [1.54, 1.807) is 4.90 Å². The second-order valence-corrected chi connectivity index (χ2v) is 4.74. The normalized spacial score (nSPS) is 11.4. The fourth-order valence-corrected chi connectivity index (χ4v) is 2.34. The smallest absolute Gasteiger partial charge is 0.106 e. The Morgan fingerprint density at radius 1 is 1.33 bits per heavy atom. The predicted octanol–water partition coefficient (Wildman–Crippen LogP) is 2.58. The van der Waals surface area contributed by atoms with Crippen molar-refractivity contribution in [2.45, 2.75) is 13.0 Å². The van der Waals surface area contributed by atoms with Crippen LogP contribution in [0.2, 0.25) is 0 Å². The molecule has 1 aromatic carbocycles. The molecule has 1 rings (SSSR count). The minimum atomic E-state index is 0.209. The molecule has 0 bridgehead atoms. The number of halogens is 1. The number of nitrogens with one attached hydrogen (secondary N) is 1. The van der Waals surface area contributed by atoms with Crippen molar-refractivity contribution >= 4 is 21.6 Å². The van der Waals surface area contributed by atoms with Gasteiger partial charge in [-0.3, -0.25) is 0 Å². The Kier molecular flexibility index (Phi) is 5.64. The molecule has 0 aliphatic heterocycles. The molecule has 18 heavy (non-hydrogen) atoms. The highest BCUT2D eigenvalue weighted by Crippen LogP contribution is 2.28. The number of benzene rings is 1. The van der Waals surface area contributed by atoms with Gasteiger partial charge in [-0.05, 0) is 31.7 Å². The van der Waals surface area contributed by atoms with E-state index in [9.17, 15) is 0 Å². The summed E-state index contributed by atoms with van der Waals surface area (Å²) in [5, 5.41) is 20.7. The minimum Gasteiger partial charge on any atom is -0.345 e. The molecule has 4 nitrogen and oxygen atoms in total. The zero-order valence-corrected chi connectivity index (χ0v) is 12.0. The lowest BCUT2D eigenvalue weighted by Crippen LogP contribution is -2.24. The average molecular weight is 307 g/mol. The second kappa shape index (κ2) is 7.00. The molecule has 1 aromatic rings. The summed E-state index contributed by atoms with van der Waals surface area (Å²) in [6.45, 7) is 2.49. The summed E-state index contributed by atoms with van der Waals surface area (Å²) >= 11 is 3.53. The van der Waals surface area contributed by atoms with E-state index in [1.807, 2.05) is 25.2 Å². The lowest BCUT2D eigenvalue weighted by molar-refractivity contribution is 0.649. The van der Waals surface area contributed by atoms with E-state index < -0.39 is 0 Å². The van der Waals surface area contributed by atoms with E-state index in [2.05, 4.69) is 40.3 Å². The van der Waals surface area contributed by atoms with Crippen molar-refractivity contribution in [2.75, 3.05) is 25.0 Å². The molecule has 0 saturated heterocycles. The van der Waals surface area contributed by atoms with Crippen LogP contribution in [0.15, 0.2) is 22.7 Å². The first-order chi connectivity index (χ1) is 8.63. The van der Waals surface area contributed by atoms with Gasteiger partial charge in [0.25, 0.3) is 0 Å². The predicted molar refractivity (Wildman–Crippen MR) is 75.1 cm³/mol. The molecule has 0 saturated carbocycles. The Morgan fingerprint density at radius 2 is 1.94 bits per heavy atom. The fraction of sp³-hybridized carbons (Fsp3) is 0.385. The number of nitriles is 2. The molecule has 0 aliphatic rings. The van der Waals surface area contributed by atoms with Crippen molar-refractivity contribution in [2.24, 2.45) is 0 Å². The molecule has 0 heterocycles. The Hall–Kier alpha value is -1.56. The summed E-state index contributed by atoms with van der Waals surface area (Å²) in [5.74, 6) is 0. The molecule has 1 atom stereocenters. The summed E-state index contributed by atoms with van der Waals surface area (Å²) < 4.78 is 0.975. The maximum atomic E-state index is 8.75. The van der Waals surface area contributed by atoms with Crippen molar-refractivity contribution in [1.82, 2.24) is 5.32 Å². The number of hydrogen-bond acceptors (Lipinski definition) is 4. The Bertz CT molecular complexity index is 471. The van der Waals surface area contributed by atoms with Gasteiger partial charge in [0.2, 0.25) is 0 Å². The third-order valence-corrected chi connectivity index (χ3v) is 3.46. The zero-order valence-electron chi connectivity index (χ0n) is 10.4. The molecule has 0 radical (unpaired) electrons. The first kappa shape index (κ1) is 14.5. The zero-order chi connectivity index (χ0) is 13.5. The van der Waals surface area contributed by atoms with Crippen LogP contribution in [0.3, 0.4) is 0 Å². The van der Waals surface area contributed by atoms with E-state index in [4.69, 9.17) is 10.5 Å². The van der Waals surface area contributed by atoms with Crippen molar-refractivity contribution in [3.8, 4) is 12.1 Å². The molecule has 1 N–H and O–H groups in total. The maximum absolute atomic E-state index is 8.75. The maximum Gasteiger partial charge on any atom is 0.106 e. The first-order valence-electron chi connectivity index (χ1n) is 5.59. The average Bonchev–Trinajstić information content (AvgIpc) is 2.37. The molecule has 0 spiro atoms. The topological polar surface area (TPSA) is 62.9 Å². The third kappa shape index (κ3) is 3.46. The lowest BCUT2D eigenvalue weighted by atomic mass is 10.1. The number of nitrogens with zero attached hydrogens (tertiary/aromatic N) is 3. The van der Waals surface area contributed by atoms with E-state index in [-0.39, 0.29) is 19.1 Å². The van der Waals surface area contributed by atoms with Gasteiger partial charge in [-0.2, -0.15) is 10.5 Å². The van der Waals surface area contributed by atoms with Crippen LogP contribution in [-0.4, -0.2) is 20.1 Å². The van der Waals surface area contributed by atoms with Crippen LogP contribution < -0.4 is 10.2 Å². The molecule has 5 heteroatoms. The number of rotatable bonds is 5. The second-order valence-electron chi connectivity index (χ2n) is 3.89. The van der Waals surface area contributed by atoms with E-state index in [0.29, 0.717) is 0 Å². The van der Waals surface area contributed by atoms with Gasteiger partial charge >= 0.3 is 0 Å². The molecule has 0 fully saturated rings. The van der Waals surface area contributed by atoms with Crippen molar-refractivity contribution in [3.05, 3.63) is 28.2 Å². The van der Waals surface area contributed by atoms with E-state index >= 15 is 0 Å². The number of anilines is 1. The van der Waals surface area contributed by atoms with Gasteiger partial charge in [-0.1, -0.05) is 22.0 Å². The molecular weight excluding hydrogens is 292 g/mol. The van der Waals surface area contributed by atoms with Crippen molar-refractivity contribution < 1.29 is 0 Å². The van der Waals surface area contributed by atoms with Gasteiger partial charge < -0.3 is 10.2 Å².